The number of nitro groups is 1. The third-order valence-corrected chi connectivity index (χ3v) is 4.28. The van der Waals surface area contributed by atoms with Gasteiger partial charge in [-0.15, -0.1) is 0 Å². The van der Waals surface area contributed by atoms with E-state index in [2.05, 4.69) is 4.90 Å². The van der Waals surface area contributed by atoms with E-state index in [9.17, 15) is 10.1 Å². The highest BCUT2D eigenvalue weighted by Gasteiger charge is 2.19. The van der Waals surface area contributed by atoms with Crippen LogP contribution in [0.5, 0.6) is 0 Å². The second kappa shape index (κ2) is 7.02. The van der Waals surface area contributed by atoms with E-state index in [-0.39, 0.29) is 5.69 Å². The molecular weight excluding hydrogens is 278 g/mol. The number of hydrogen-bond donors (Lipinski definition) is 1. The lowest BCUT2D eigenvalue weighted by Gasteiger charge is -2.32. The Morgan fingerprint density at radius 2 is 2.10 bits per heavy atom. The highest BCUT2D eigenvalue weighted by atomic mass is 35.5. The van der Waals surface area contributed by atoms with E-state index in [1.807, 2.05) is 0 Å². The molecule has 0 amide bonds. The molecule has 6 heteroatoms. The third kappa shape index (κ3) is 3.91. The van der Waals surface area contributed by atoms with Crippen molar-refractivity contribution in [3.63, 3.8) is 0 Å². The van der Waals surface area contributed by atoms with Gasteiger partial charge in [-0.1, -0.05) is 11.6 Å². The molecule has 5 nitrogen and oxygen atoms in total. The maximum atomic E-state index is 10.7. The molecule has 0 unspecified atom stereocenters. The molecule has 2 rings (SSSR count). The molecule has 110 valence electrons. The quantitative estimate of drug-likeness (QED) is 0.670. The molecule has 1 aromatic carbocycles. The summed E-state index contributed by atoms with van der Waals surface area (Å²) >= 11 is 6.12. The predicted octanol–water partition coefficient (Wildman–Crippen LogP) is 2.81. The molecule has 1 heterocycles. The van der Waals surface area contributed by atoms with Crippen molar-refractivity contribution in [1.29, 1.82) is 0 Å². The molecule has 1 aromatic rings. The van der Waals surface area contributed by atoms with Crippen molar-refractivity contribution >= 4 is 17.3 Å². The van der Waals surface area contributed by atoms with Gasteiger partial charge >= 0.3 is 0 Å². The number of nitro benzene ring substituents is 1. The Morgan fingerprint density at radius 1 is 1.40 bits per heavy atom. The number of rotatable bonds is 5. The molecule has 20 heavy (non-hydrogen) atoms. The second-order valence-corrected chi connectivity index (χ2v) is 5.74. The minimum Gasteiger partial charge on any atom is -0.330 e. The number of likely N-dealkylation sites (tertiary alicyclic amines) is 1. The lowest BCUT2D eigenvalue weighted by molar-refractivity contribution is -0.384. The van der Waals surface area contributed by atoms with Gasteiger partial charge in [0.2, 0.25) is 0 Å². The van der Waals surface area contributed by atoms with Gasteiger partial charge in [-0.05, 0) is 56.4 Å². The van der Waals surface area contributed by atoms with Crippen LogP contribution in [0.4, 0.5) is 5.69 Å². The SMILES string of the molecule is NCCC1CCN(Cc2ccc([N+](=O)[O-])cc2Cl)CC1. The van der Waals surface area contributed by atoms with Crippen LogP contribution < -0.4 is 5.73 Å². The summed E-state index contributed by atoms with van der Waals surface area (Å²) in [5.74, 6) is 0.739. The Balaban J connectivity index is 1.93. The van der Waals surface area contributed by atoms with E-state index < -0.39 is 4.92 Å². The molecule has 1 aliphatic heterocycles. The summed E-state index contributed by atoms with van der Waals surface area (Å²) in [6.45, 7) is 3.60. The fourth-order valence-electron chi connectivity index (χ4n) is 2.69. The minimum absolute atomic E-state index is 0.0420. The first-order chi connectivity index (χ1) is 9.60. The van der Waals surface area contributed by atoms with Gasteiger partial charge in [0.1, 0.15) is 0 Å². The summed E-state index contributed by atoms with van der Waals surface area (Å²) in [5.41, 5.74) is 6.59. The van der Waals surface area contributed by atoms with Crippen LogP contribution >= 0.6 is 11.6 Å². The van der Waals surface area contributed by atoms with E-state index in [1.165, 1.54) is 25.0 Å². The predicted molar refractivity (Wildman–Crippen MR) is 79.8 cm³/mol. The lowest BCUT2D eigenvalue weighted by Crippen LogP contribution is -2.33. The molecule has 0 aliphatic carbocycles. The second-order valence-electron chi connectivity index (χ2n) is 5.33. The Labute approximate surface area is 123 Å². The molecule has 2 N–H and O–H groups in total. The van der Waals surface area contributed by atoms with Crippen LogP contribution in [-0.4, -0.2) is 29.5 Å². The number of piperidine rings is 1. The zero-order chi connectivity index (χ0) is 14.5. The summed E-state index contributed by atoms with van der Waals surface area (Å²) in [5, 5.41) is 11.2. The van der Waals surface area contributed by atoms with E-state index in [1.54, 1.807) is 6.07 Å². The van der Waals surface area contributed by atoms with Gasteiger partial charge in [-0.25, -0.2) is 0 Å². The molecule has 0 atom stereocenters. The fourth-order valence-corrected chi connectivity index (χ4v) is 2.92. The maximum absolute atomic E-state index is 10.7. The van der Waals surface area contributed by atoms with Crippen molar-refractivity contribution in [3.8, 4) is 0 Å². The van der Waals surface area contributed by atoms with Gasteiger partial charge in [0.25, 0.3) is 5.69 Å². The van der Waals surface area contributed by atoms with Gasteiger partial charge in [0, 0.05) is 18.7 Å². The van der Waals surface area contributed by atoms with Crippen LogP contribution in [0.1, 0.15) is 24.8 Å². The van der Waals surface area contributed by atoms with Crippen molar-refractivity contribution in [2.45, 2.75) is 25.8 Å². The maximum Gasteiger partial charge on any atom is 0.270 e. The summed E-state index contributed by atoms with van der Waals surface area (Å²) in [4.78, 5) is 12.6. The van der Waals surface area contributed by atoms with Gasteiger partial charge in [-0.2, -0.15) is 0 Å². The van der Waals surface area contributed by atoms with Crippen molar-refractivity contribution in [2.75, 3.05) is 19.6 Å². The molecule has 1 fully saturated rings. The number of benzene rings is 1. The molecule has 0 spiro atoms. The first-order valence-electron chi connectivity index (χ1n) is 6.95. The average Bonchev–Trinajstić information content (AvgIpc) is 2.43. The van der Waals surface area contributed by atoms with Gasteiger partial charge in [0.15, 0.2) is 0 Å². The Kier molecular flexibility index (Phi) is 5.34. The lowest BCUT2D eigenvalue weighted by atomic mass is 9.93. The van der Waals surface area contributed by atoms with Crippen LogP contribution in [0, 0.1) is 16.0 Å². The molecule has 0 bridgehead atoms. The summed E-state index contributed by atoms with van der Waals surface area (Å²) in [6, 6.07) is 4.70. The summed E-state index contributed by atoms with van der Waals surface area (Å²) in [7, 11) is 0. The van der Waals surface area contributed by atoms with Crippen LogP contribution in [0.25, 0.3) is 0 Å². The Bertz CT molecular complexity index is 473. The first kappa shape index (κ1) is 15.2. The van der Waals surface area contributed by atoms with Crippen molar-refractivity contribution < 1.29 is 4.92 Å². The van der Waals surface area contributed by atoms with Gasteiger partial charge in [0.05, 0.1) is 9.95 Å². The molecule has 0 saturated carbocycles. The molecule has 1 aliphatic rings. The van der Waals surface area contributed by atoms with Crippen LogP contribution in [0.3, 0.4) is 0 Å². The molecule has 0 radical (unpaired) electrons. The summed E-state index contributed by atoms with van der Waals surface area (Å²) < 4.78 is 0. The molecular formula is C14H20ClN3O2. The zero-order valence-electron chi connectivity index (χ0n) is 11.4. The number of hydrogen-bond acceptors (Lipinski definition) is 4. The number of nitrogens with two attached hydrogens (primary N) is 1. The van der Waals surface area contributed by atoms with Crippen LogP contribution in [0.15, 0.2) is 18.2 Å². The Morgan fingerprint density at radius 3 is 2.65 bits per heavy atom. The van der Waals surface area contributed by atoms with E-state index in [0.717, 1.165) is 44.1 Å². The first-order valence-corrected chi connectivity index (χ1v) is 7.33. The third-order valence-electron chi connectivity index (χ3n) is 3.92. The smallest absolute Gasteiger partial charge is 0.270 e. The van der Waals surface area contributed by atoms with Crippen LogP contribution in [0.2, 0.25) is 5.02 Å². The van der Waals surface area contributed by atoms with Crippen LogP contribution in [-0.2, 0) is 6.54 Å². The van der Waals surface area contributed by atoms with Crippen molar-refractivity contribution in [2.24, 2.45) is 11.7 Å². The van der Waals surface area contributed by atoms with Gasteiger partial charge < -0.3 is 5.73 Å². The number of non-ortho nitro benzene ring substituents is 1. The molecule has 1 saturated heterocycles. The van der Waals surface area contributed by atoms with E-state index >= 15 is 0 Å². The minimum atomic E-state index is -0.423. The Hall–Kier alpha value is -1.17. The highest BCUT2D eigenvalue weighted by Crippen LogP contribution is 2.26. The highest BCUT2D eigenvalue weighted by molar-refractivity contribution is 6.31. The largest absolute Gasteiger partial charge is 0.330 e. The standard InChI is InChI=1S/C14H20ClN3O2/c15-14-9-13(18(19)20)2-1-12(14)10-17-7-4-11(3-6-16)5-8-17/h1-2,9,11H,3-8,10,16H2. The topological polar surface area (TPSA) is 72.4 Å². The number of nitrogens with zero attached hydrogens (tertiary/aromatic N) is 2. The van der Waals surface area contributed by atoms with E-state index in [4.69, 9.17) is 17.3 Å². The monoisotopic (exact) mass is 297 g/mol. The zero-order valence-corrected chi connectivity index (χ0v) is 12.2. The average molecular weight is 298 g/mol. The van der Waals surface area contributed by atoms with Crippen molar-refractivity contribution in [1.82, 2.24) is 4.90 Å². The fraction of sp³-hybridized carbons (Fsp3) is 0.571. The van der Waals surface area contributed by atoms with E-state index in [0.29, 0.717) is 5.02 Å². The summed E-state index contributed by atoms with van der Waals surface area (Å²) in [6.07, 6.45) is 3.44. The van der Waals surface area contributed by atoms with Crippen molar-refractivity contribution in [3.05, 3.63) is 38.9 Å². The normalized spacial score (nSPS) is 17.3. The van der Waals surface area contributed by atoms with Gasteiger partial charge in [-0.3, -0.25) is 15.0 Å². The number of halogens is 1. The molecule has 0 aromatic heterocycles.